The molecule has 1 N–H and O–H groups in total. The number of aryl methyl sites for hydroxylation is 2. The maximum absolute atomic E-state index is 12.3. The number of hydrogen-bond acceptors (Lipinski definition) is 5. The van der Waals surface area contributed by atoms with E-state index in [0.717, 1.165) is 5.56 Å². The molecule has 0 radical (unpaired) electrons. The molecule has 0 spiro atoms. The van der Waals surface area contributed by atoms with Gasteiger partial charge in [-0.15, -0.1) is 0 Å². The Kier molecular flexibility index (Phi) is 6.18. The van der Waals surface area contributed by atoms with Gasteiger partial charge in [0.25, 0.3) is 0 Å². The number of nitriles is 1. The van der Waals surface area contributed by atoms with Crippen LogP contribution in [-0.4, -0.2) is 21.1 Å². The van der Waals surface area contributed by atoms with Crippen molar-refractivity contribution in [3.63, 3.8) is 0 Å². The van der Waals surface area contributed by atoms with Crippen LogP contribution in [0.2, 0.25) is 5.02 Å². The molecule has 0 fully saturated rings. The Balaban J connectivity index is 2.05. The number of halogens is 1. The van der Waals surface area contributed by atoms with Gasteiger partial charge in [-0.25, -0.2) is 9.97 Å². The van der Waals surface area contributed by atoms with Gasteiger partial charge in [-0.2, -0.15) is 5.26 Å². The summed E-state index contributed by atoms with van der Waals surface area (Å²) in [5.74, 6) is 0.440. The van der Waals surface area contributed by atoms with E-state index in [4.69, 9.17) is 11.6 Å². The lowest BCUT2D eigenvalue weighted by atomic mass is 10.2. The molecule has 2 aromatic rings. The first-order valence-electron chi connectivity index (χ1n) is 7.35. The van der Waals surface area contributed by atoms with Crippen molar-refractivity contribution in [3.8, 4) is 6.07 Å². The van der Waals surface area contributed by atoms with Crippen molar-refractivity contribution in [2.45, 2.75) is 37.6 Å². The van der Waals surface area contributed by atoms with Gasteiger partial charge in [-0.05, 0) is 32.4 Å². The quantitative estimate of drug-likeness (QED) is 0.653. The molecule has 124 valence electrons. The third-order valence-corrected chi connectivity index (χ3v) is 4.80. The number of nitrogens with one attached hydrogen (secondary N) is 1. The highest BCUT2D eigenvalue weighted by molar-refractivity contribution is 8.00. The second-order valence-electron chi connectivity index (χ2n) is 5.22. The fourth-order valence-electron chi connectivity index (χ4n) is 2.08. The minimum Gasteiger partial charge on any atom is -0.351 e. The van der Waals surface area contributed by atoms with E-state index in [9.17, 15) is 10.1 Å². The zero-order chi connectivity index (χ0) is 17.7. The van der Waals surface area contributed by atoms with Crippen molar-refractivity contribution in [3.05, 3.63) is 51.9 Å². The Bertz CT molecular complexity index is 804. The van der Waals surface area contributed by atoms with Crippen LogP contribution < -0.4 is 5.32 Å². The number of thioether (sulfide) groups is 1. The predicted molar refractivity (Wildman–Crippen MR) is 94.8 cm³/mol. The molecule has 1 amide bonds. The summed E-state index contributed by atoms with van der Waals surface area (Å²) >= 11 is 7.33. The van der Waals surface area contributed by atoms with E-state index in [1.165, 1.54) is 11.8 Å². The minimum atomic E-state index is -0.395. The molecule has 1 aromatic carbocycles. The SMILES string of the molecule is Cc1nc(C)c(C#N)c(SC(C)C(=O)NCc2ccccc2Cl)n1. The summed E-state index contributed by atoms with van der Waals surface area (Å²) in [5, 5.41) is 12.9. The van der Waals surface area contributed by atoms with Crippen LogP contribution >= 0.6 is 23.4 Å². The van der Waals surface area contributed by atoms with Gasteiger partial charge in [0.1, 0.15) is 22.5 Å². The number of nitrogens with zero attached hydrogens (tertiary/aromatic N) is 3. The van der Waals surface area contributed by atoms with Gasteiger partial charge < -0.3 is 5.32 Å². The number of carbonyl (C=O) groups excluding carboxylic acids is 1. The number of aromatic nitrogens is 2. The molecule has 0 bridgehead atoms. The number of benzene rings is 1. The highest BCUT2D eigenvalue weighted by Crippen LogP contribution is 2.26. The molecule has 0 aliphatic carbocycles. The van der Waals surface area contributed by atoms with Crippen LogP contribution in [0.25, 0.3) is 0 Å². The lowest BCUT2D eigenvalue weighted by Gasteiger charge is -2.13. The first-order chi connectivity index (χ1) is 11.4. The lowest BCUT2D eigenvalue weighted by Crippen LogP contribution is -2.30. The molecule has 0 saturated heterocycles. The zero-order valence-electron chi connectivity index (χ0n) is 13.6. The van der Waals surface area contributed by atoms with Crippen molar-refractivity contribution in [1.82, 2.24) is 15.3 Å². The van der Waals surface area contributed by atoms with E-state index in [2.05, 4.69) is 21.4 Å². The van der Waals surface area contributed by atoms with Crippen LogP contribution in [0.5, 0.6) is 0 Å². The third-order valence-electron chi connectivity index (χ3n) is 3.35. The number of rotatable bonds is 5. The van der Waals surface area contributed by atoms with Crippen molar-refractivity contribution in [1.29, 1.82) is 5.26 Å². The Morgan fingerprint density at radius 2 is 2.08 bits per heavy atom. The second kappa shape index (κ2) is 8.13. The van der Waals surface area contributed by atoms with Crippen LogP contribution in [0.4, 0.5) is 0 Å². The number of hydrogen-bond donors (Lipinski definition) is 1. The highest BCUT2D eigenvalue weighted by atomic mass is 35.5. The van der Waals surface area contributed by atoms with Gasteiger partial charge in [-0.3, -0.25) is 4.79 Å². The number of carbonyl (C=O) groups is 1. The average molecular weight is 361 g/mol. The predicted octanol–water partition coefficient (Wildman–Crippen LogP) is 3.42. The maximum atomic E-state index is 12.3. The molecule has 0 saturated carbocycles. The third kappa shape index (κ3) is 4.47. The summed E-state index contributed by atoms with van der Waals surface area (Å²) in [6.07, 6.45) is 0. The molecule has 5 nitrogen and oxygen atoms in total. The van der Waals surface area contributed by atoms with E-state index >= 15 is 0 Å². The number of amides is 1. The summed E-state index contributed by atoms with van der Waals surface area (Å²) in [6, 6.07) is 9.47. The molecule has 1 unspecified atom stereocenters. The minimum absolute atomic E-state index is 0.141. The Morgan fingerprint density at radius 1 is 1.38 bits per heavy atom. The molecule has 1 heterocycles. The van der Waals surface area contributed by atoms with Gasteiger partial charge in [-0.1, -0.05) is 41.6 Å². The van der Waals surface area contributed by atoms with Gasteiger partial charge in [0.15, 0.2) is 0 Å². The van der Waals surface area contributed by atoms with Crippen molar-refractivity contribution < 1.29 is 4.79 Å². The average Bonchev–Trinajstić information content (AvgIpc) is 2.53. The van der Waals surface area contributed by atoms with E-state index in [-0.39, 0.29) is 5.91 Å². The Labute approximate surface area is 150 Å². The highest BCUT2D eigenvalue weighted by Gasteiger charge is 2.19. The Hall–Kier alpha value is -2.10. The topological polar surface area (TPSA) is 78.7 Å². The molecular weight excluding hydrogens is 344 g/mol. The standard InChI is InChI=1S/C17H17ClN4OS/c1-10-14(8-19)17(22-12(3)21-10)24-11(2)16(23)20-9-13-6-4-5-7-15(13)18/h4-7,11H,9H2,1-3H3,(H,20,23). The largest absolute Gasteiger partial charge is 0.351 e. The molecule has 0 aliphatic rings. The molecule has 1 aromatic heterocycles. The van der Waals surface area contributed by atoms with Gasteiger partial charge in [0.2, 0.25) is 5.91 Å². The van der Waals surface area contributed by atoms with Crippen LogP contribution in [0.3, 0.4) is 0 Å². The zero-order valence-corrected chi connectivity index (χ0v) is 15.2. The van der Waals surface area contributed by atoms with E-state index in [1.54, 1.807) is 26.8 Å². The molecular formula is C17H17ClN4OS. The van der Waals surface area contributed by atoms with Crippen molar-refractivity contribution >= 4 is 29.3 Å². The first-order valence-corrected chi connectivity index (χ1v) is 8.61. The summed E-state index contributed by atoms with van der Waals surface area (Å²) in [6.45, 7) is 5.66. The molecule has 1 atom stereocenters. The van der Waals surface area contributed by atoms with E-state index < -0.39 is 5.25 Å². The van der Waals surface area contributed by atoms with Crippen LogP contribution in [0.1, 0.15) is 29.6 Å². The van der Waals surface area contributed by atoms with Crippen molar-refractivity contribution in [2.24, 2.45) is 0 Å². The van der Waals surface area contributed by atoms with E-state index in [1.807, 2.05) is 18.2 Å². The summed E-state index contributed by atoms with van der Waals surface area (Å²) < 4.78 is 0. The molecule has 0 aliphatic heterocycles. The van der Waals surface area contributed by atoms with Crippen LogP contribution in [0.15, 0.2) is 29.3 Å². The monoisotopic (exact) mass is 360 g/mol. The first kappa shape index (κ1) is 18.2. The summed E-state index contributed by atoms with van der Waals surface area (Å²) in [4.78, 5) is 20.8. The van der Waals surface area contributed by atoms with Crippen LogP contribution in [-0.2, 0) is 11.3 Å². The lowest BCUT2D eigenvalue weighted by molar-refractivity contribution is -0.120. The van der Waals surface area contributed by atoms with Gasteiger partial charge in [0, 0.05) is 11.6 Å². The Morgan fingerprint density at radius 3 is 2.75 bits per heavy atom. The fourth-order valence-corrected chi connectivity index (χ4v) is 3.31. The summed E-state index contributed by atoms with van der Waals surface area (Å²) in [7, 11) is 0. The van der Waals surface area contributed by atoms with E-state index in [0.29, 0.717) is 33.7 Å². The molecule has 2 rings (SSSR count). The normalized spacial score (nSPS) is 11.6. The second-order valence-corrected chi connectivity index (χ2v) is 6.95. The molecule has 7 heteroatoms. The van der Waals surface area contributed by atoms with Crippen molar-refractivity contribution in [2.75, 3.05) is 0 Å². The van der Waals surface area contributed by atoms with Gasteiger partial charge in [0.05, 0.1) is 10.9 Å². The smallest absolute Gasteiger partial charge is 0.233 e. The fraction of sp³-hybridized carbons (Fsp3) is 0.294. The molecule has 24 heavy (non-hydrogen) atoms. The summed E-state index contributed by atoms with van der Waals surface area (Å²) in [5.41, 5.74) is 1.89. The van der Waals surface area contributed by atoms with Crippen LogP contribution in [0, 0.1) is 25.2 Å². The maximum Gasteiger partial charge on any atom is 0.233 e. The van der Waals surface area contributed by atoms with Gasteiger partial charge >= 0.3 is 0 Å².